The van der Waals surface area contributed by atoms with Crippen LogP contribution in [0.1, 0.15) is 16.5 Å². The van der Waals surface area contributed by atoms with Gasteiger partial charge in [-0.1, -0.05) is 54.1 Å². The van der Waals surface area contributed by atoms with Crippen LogP contribution in [0.3, 0.4) is 0 Å². The van der Waals surface area contributed by atoms with Crippen LogP contribution in [-0.4, -0.2) is 12.5 Å². The number of nitrogens with one attached hydrogen (secondary N) is 1. The first-order chi connectivity index (χ1) is 11.7. The number of rotatable bonds is 6. The molecule has 0 aliphatic heterocycles. The van der Waals surface area contributed by atoms with Crippen LogP contribution in [0.25, 0.3) is 0 Å². The summed E-state index contributed by atoms with van der Waals surface area (Å²) in [5.74, 6) is -0.0465. The van der Waals surface area contributed by atoms with E-state index in [2.05, 4.69) is 34.2 Å². The summed E-state index contributed by atoms with van der Waals surface area (Å²) in [5, 5.41) is 7.61. The summed E-state index contributed by atoms with van der Waals surface area (Å²) in [6.45, 7) is 0.337. The topological polar surface area (TPSA) is 45.7 Å². The Hall–Kier alpha value is -2.14. The van der Waals surface area contributed by atoms with Crippen molar-refractivity contribution in [1.29, 1.82) is 0 Å². The Morgan fingerprint density at radius 2 is 1.92 bits per heavy atom. The van der Waals surface area contributed by atoms with E-state index in [4.69, 9.17) is 11.6 Å². The fourth-order valence-electron chi connectivity index (χ4n) is 2.55. The summed E-state index contributed by atoms with van der Waals surface area (Å²) in [6.07, 6.45) is 0. The van der Waals surface area contributed by atoms with Gasteiger partial charge in [-0.25, -0.2) is 0 Å². The molecular weight excluding hydrogens is 340 g/mol. The van der Waals surface area contributed by atoms with Crippen LogP contribution >= 0.6 is 22.9 Å². The van der Waals surface area contributed by atoms with Crippen molar-refractivity contribution in [1.82, 2.24) is 0 Å². The minimum absolute atomic E-state index is 0.0465. The Morgan fingerprint density at radius 1 is 1.08 bits per heavy atom. The van der Waals surface area contributed by atoms with Crippen LogP contribution in [0.5, 0.6) is 0 Å². The first-order valence-corrected chi connectivity index (χ1v) is 8.95. The third-order valence-corrected chi connectivity index (χ3v) is 4.85. The van der Waals surface area contributed by atoms with Crippen LogP contribution in [0.15, 0.2) is 72.1 Å². The molecule has 0 saturated carbocycles. The van der Waals surface area contributed by atoms with E-state index in [1.165, 1.54) is 10.4 Å². The number of carbonyl (C=O) groups excluding carboxylic acids is 1. The zero-order chi connectivity index (χ0) is 16.8. The van der Waals surface area contributed by atoms with E-state index in [-0.39, 0.29) is 11.9 Å². The van der Waals surface area contributed by atoms with Gasteiger partial charge in [-0.2, -0.15) is 0 Å². The summed E-state index contributed by atoms with van der Waals surface area (Å²) in [5.41, 5.74) is 1.91. The number of anilines is 1. The van der Waals surface area contributed by atoms with Gasteiger partial charge in [0.2, 0.25) is 0 Å². The number of halogens is 1. The molecule has 3 rings (SSSR count). The summed E-state index contributed by atoms with van der Waals surface area (Å²) in [6, 6.07) is 21.7. The Balaban J connectivity index is 1.67. The average Bonchev–Trinajstić information content (AvgIpc) is 3.10. The van der Waals surface area contributed by atoms with Gasteiger partial charge in [-0.05, 0) is 29.6 Å². The van der Waals surface area contributed by atoms with Crippen molar-refractivity contribution >= 4 is 34.5 Å². The summed E-state index contributed by atoms with van der Waals surface area (Å²) in [4.78, 5) is 13.5. The van der Waals surface area contributed by atoms with E-state index in [1.54, 1.807) is 23.5 Å². The Labute approximate surface area is 150 Å². The third kappa shape index (κ3) is 4.45. The fraction of sp³-hybridized carbons (Fsp3) is 0.105. The molecular formula is C19H18ClN2OS+. The van der Waals surface area contributed by atoms with Crippen LogP contribution in [0.2, 0.25) is 5.02 Å². The van der Waals surface area contributed by atoms with E-state index in [9.17, 15) is 4.79 Å². The van der Waals surface area contributed by atoms with E-state index in [0.717, 1.165) is 0 Å². The Bertz CT molecular complexity index is 790. The van der Waals surface area contributed by atoms with E-state index in [1.807, 2.05) is 36.4 Å². The zero-order valence-corrected chi connectivity index (χ0v) is 14.6. The molecule has 0 unspecified atom stereocenters. The number of thiophene rings is 1. The molecule has 3 nitrogen and oxygen atoms in total. The minimum atomic E-state index is -0.0465. The highest BCUT2D eigenvalue weighted by molar-refractivity contribution is 7.10. The predicted octanol–water partition coefficient (Wildman–Crippen LogP) is 3.69. The SMILES string of the molecule is O=C(C[NH2+][C@H](c1ccccc1)c1cccs1)Nc1cccc(Cl)c1. The van der Waals surface area contributed by atoms with Crippen LogP contribution in [-0.2, 0) is 4.79 Å². The molecule has 2 aromatic carbocycles. The number of amides is 1. The predicted molar refractivity (Wildman–Crippen MR) is 99.5 cm³/mol. The summed E-state index contributed by atoms with van der Waals surface area (Å²) in [7, 11) is 0. The molecule has 0 bridgehead atoms. The van der Waals surface area contributed by atoms with Crippen molar-refractivity contribution in [2.75, 3.05) is 11.9 Å². The molecule has 0 aliphatic rings. The maximum atomic E-state index is 12.2. The normalized spacial score (nSPS) is 11.9. The molecule has 5 heteroatoms. The van der Waals surface area contributed by atoms with Gasteiger partial charge < -0.3 is 10.6 Å². The molecule has 0 radical (unpaired) electrons. The average molecular weight is 358 g/mol. The molecule has 0 saturated heterocycles. The standard InChI is InChI=1S/C19H17ClN2OS/c20-15-8-4-9-16(12-15)22-18(23)13-21-19(17-10-5-11-24-17)14-6-2-1-3-7-14/h1-12,19,21H,13H2,(H,22,23)/p+1/t19-/m1/s1. The second kappa shape index (κ2) is 8.11. The van der Waals surface area contributed by atoms with Gasteiger partial charge >= 0.3 is 0 Å². The van der Waals surface area contributed by atoms with Gasteiger partial charge in [0.15, 0.2) is 6.54 Å². The van der Waals surface area contributed by atoms with Gasteiger partial charge in [0.25, 0.3) is 5.91 Å². The van der Waals surface area contributed by atoms with Crippen molar-refractivity contribution in [3.05, 3.63) is 87.6 Å². The summed E-state index contributed by atoms with van der Waals surface area (Å²) >= 11 is 7.65. The Kier molecular flexibility index (Phi) is 5.64. The van der Waals surface area contributed by atoms with Gasteiger partial charge in [-0.3, -0.25) is 4.79 Å². The molecule has 1 amide bonds. The van der Waals surface area contributed by atoms with Crippen molar-refractivity contribution in [2.24, 2.45) is 0 Å². The number of carbonyl (C=O) groups is 1. The molecule has 0 aliphatic carbocycles. The first-order valence-electron chi connectivity index (χ1n) is 7.69. The molecule has 1 aromatic heterocycles. The van der Waals surface area contributed by atoms with E-state index < -0.39 is 0 Å². The number of benzene rings is 2. The molecule has 24 heavy (non-hydrogen) atoms. The Morgan fingerprint density at radius 3 is 2.62 bits per heavy atom. The van der Waals surface area contributed by atoms with E-state index >= 15 is 0 Å². The second-order valence-electron chi connectivity index (χ2n) is 5.40. The number of quaternary nitrogens is 1. The van der Waals surface area contributed by atoms with Crippen molar-refractivity contribution in [3.63, 3.8) is 0 Å². The monoisotopic (exact) mass is 357 g/mol. The van der Waals surface area contributed by atoms with Crippen LogP contribution in [0.4, 0.5) is 5.69 Å². The first kappa shape index (κ1) is 16.7. The zero-order valence-electron chi connectivity index (χ0n) is 13.0. The smallest absolute Gasteiger partial charge is 0.279 e. The maximum Gasteiger partial charge on any atom is 0.279 e. The van der Waals surface area contributed by atoms with Gasteiger partial charge in [-0.15, -0.1) is 11.3 Å². The fourth-order valence-corrected chi connectivity index (χ4v) is 3.59. The van der Waals surface area contributed by atoms with Crippen molar-refractivity contribution < 1.29 is 10.1 Å². The number of hydrogen-bond acceptors (Lipinski definition) is 2. The van der Waals surface area contributed by atoms with Crippen LogP contribution in [0, 0.1) is 0 Å². The van der Waals surface area contributed by atoms with Gasteiger partial charge in [0.1, 0.15) is 6.04 Å². The van der Waals surface area contributed by atoms with Gasteiger partial charge in [0.05, 0.1) is 4.88 Å². The highest BCUT2D eigenvalue weighted by atomic mass is 35.5. The molecule has 0 fully saturated rings. The quantitative estimate of drug-likeness (QED) is 0.694. The number of nitrogens with two attached hydrogens (primary N) is 1. The molecule has 1 atom stereocenters. The van der Waals surface area contributed by atoms with E-state index in [0.29, 0.717) is 17.3 Å². The van der Waals surface area contributed by atoms with Gasteiger partial charge in [0, 0.05) is 16.3 Å². The lowest BCUT2D eigenvalue weighted by Gasteiger charge is -2.14. The minimum Gasteiger partial charge on any atom is -0.328 e. The number of hydrogen-bond donors (Lipinski definition) is 2. The maximum absolute atomic E-state index is 12.2. The van der Waals surface area contributed by atoms with Crippen molar-refractivity contribution in [2.45, 2.75) is 6.04 Å². The third-order valence-electron chi connectivity index (χ3n) is 3.66. The van der Waals surface area contributed by atoms with Crippen molar-refractivity contribution in [3.8, 4) is 0 Å². The largest absolute Gasteiger partial charge is 0.328 e. The highest BCUT2D eigenvalue weighted by Crippen LogP contribution is 2.22. The lowest BCUT2D eigenvalue weighted by Crippen LogP contribution is -2.87. The lowest BCUT2D eigenvalue weighted by molar-refractivity contribution is -0.675. The molecule has 1 heterocycles. The molecule has 3 N–H and O–H groups in total. The molecule has 3 aromatic rings. The molecule has 0 spiro atoms. The van der Waals surface area contributed by atoms with Crippen LogP contribution < -0.4 is 10.6 Å². The summed E-state index contributed by atoms with van der Waals surface area (Å²) < 4.78 is 0. The highest BCUT2D eigenvalue weighted by Gasteiger charge is 2.19. The lowest BCUT2D eigenvalue weighted by atomic mass is 10.1. The second-order valence-corrected chi connectivity index (χ2v) is 6.82. The molecule has 122 valence electrons.